The van der Waals surface area contributed by atoms with Crippen LogP contribution in [0.5, 0.6) is 0 Å². The van der Waals surface area contributed by atoms with Gasteiger partial charge in [0.05, 0.1) is 6.04 Å². The average molecular weight is 295 g/mol. The number of likely N-dealkylation sites (tertiary alicyclic amines) is 2. The van der Waals surface area contributed by atoms with E-state index in [0.717, 1.165) is 32.4 Å². The number of rotatable bonds is 1. The van der Waals surface area contributed by atoms with Crippen LogP contribution in [-0.2, 0) is 9.53 Å². The highest BCUT2D eigenvalue weighted by Gasteiger charge is 2.54. The molecule has 0 aromatic rings. The molecule has 21 heavy (non-hydrogen) atoms. The Hall–Kier alpha value is -1.30. The lowest BCUT2D eigenvalue weighted by atomic mass is 10.0. The van der Waals surface area contributed by atoms with Crippen molar-refractivity contribution >= 4 is 12.0 Å². The van der Waals surface area contributed by atoms with Crippen molar-refractivity contribution in [1.29, 1.82) is 0 Å². The molecule has 6 nitrogen and oxygen atoms in total. The van der Waals surface area contributed by atoms with Gasteiger partial charge in [0, 0.05) is 19.1 Å². The molecule has 2 bridgehead atoms. The van der Waals surface area contributed by atoms with Gasteiger partial charge in [-0.25, -0.2) is 4.79 Å². The first-order chi connectivity index (χ1) is 9.87. The second kappa shape index (κ2) is 5.16. The van der Waals surface area contributed by atoms with E-state index in [9.17, 15) is 9.59 Å². The van der Waals surface area contributed by atoms with Crippen molar-refractivity contribution in [2.45, 2.75) is 63.8 Å². The molecule has 3 unspecified atom stereocenters. The molecule has 1 N–H and O–H groups in total. The molecule has 3 saturated heterocycles. The zero-order valence-corrected chi connectivity index (χ0v) is 13.1. The van der Waals surface area contributed by atoms with E-state index in [0.29, 0.717) is 12.6 Å². The van der Waals surface area contributed by atoms with Crippen LogP contribution >= 0.6 is 0 Å². The zero-order valence-electron chi connectivity index (χ0n) is 13.1. The van der Waals surface area contributed by atoms with E-state index < -0.39 is 5.60 Å². The minimum atomic E-state index is -0.519. The topological polar surface area (TPSA) is 61.9 Å². The van der Waals surface area contributed by atoms with E-state index in [2.05, 4.69) is 5.32 Å². The van der Waals surface area contributed by atoms with Gasteiger partial charge in [0.2, 0.25) is 5.91 Å². The van der Waals surface area contributed by atoms with Gasteiger partial charge in [-0.1, -0.05) is 0 Å². The number of hydrogen-bond donors (Lipinski definition) is 1. The first-order valence-electron chi connectivity index (χ1n) is 7.89. The largest absolute Gasteiger partial charge is 0.444 e. The van der Waals surface area contributed by atoms with Gasteiger partial charge in [-0.05, 0) is 46.6 Å². The summed E-state index contributed by atoms with van der Waals surface area (Å²) in [4.78, 5) is 28.4. The smallest absolute Gasteiger partial charge is 0.411 e. The minimum absolute atomic E-state index is 0.103. The summed E-state index contributed by atoms with van der Waals surface area (Å²) in [5, 5.41) is 3.36. The van der Waals surface area contributed by atoms with Crippen LogP contribution in [0.4, 0.5) is 4.79 Å². The molecule has 6 heteroatoms. The summed E-state index contributed by atoms with van der Waals surface area (Å²) in [5.41, 5.74) is -0.519. The van der Waals surface area contributed by atoms with E-state index >= 15 is 0 Å². The second-order valence-electron chi connectivity index (χ2n) is 7.28. The SMILES string of the molecule is CC(C)(C)OC(=O)N1CC2CC1C(=O)N2C1CCCNC1. The van der Waals surface area contributed by atoms with Crippen molar-refractivity contribution in [3.63, 3.8) is 0 Å². The van der Waals surface area contributed by atoms with Crippen molar-refractivity contribution in [2.75, 3.05) is 19.6 Å². The summed E-state index contributed by atoms with van der Waals surface area (Å²) >= 11 is 0. The Balaban J connectivity index is 1.66. The molecule has 0 aliphatic carbocycles. The highest BCUT2D eigenvalue weighted by atomic mass is 16.6. The number of nitrogens with zero attached hydrogens (tertiary/aromatic N) is 2. The van der Waals surface area contributed by atoms with Gasteiger partial charge < -0.3 is 15.0 Å². The number of fused-ring (bicyclic) bond motifs is 2. The molecular formula is C15H25N3O3. The van der Waals surface area contributed by atoms with Gasteiger partial charge in [0.15, 0.2) is 0 Å². The van der Waals surface area contributed by atoms with Gasteiger partial charge in [-0.3, -0.25) is 9.69 Å². The third-order valence-corrected chi connectivity index (χ3v) is 4.50. The van der Waals surface area contributed by atoms with Crippen LogP contribution in [0.15, 0.2) is 0 Å². The highest BCUT2D eigenvalue weighted by molar-refractivity contribution is 5.90. The van der Waals surface area contributed by atoms with Crippen molar-refractivity contribution in [3.8, 4) is 0 Å². The first-order valence-corrected chi connectivity index (χ1v) is 7.89. The monoisotopic (exact) mass is 295 g/mol. The molecule has 3 heterocycles. The van der Waals surface area contributed by atoms with Crippen molar-refractivity contribution < 1.29 is 14.3 Å². The number of carbonyl (C=O) groups excluding carboxylic acids is 2. The molecule has 3 aliphatic rings. The number of amides is 2. The Morgan fingerprint density at radius 3 is 2.67 bits per heavy atom. The number of ether oxygens (including phenoxy) is 1. The van der Waals surface area contributed by atoms with Crippen LogP contribution in [0.2, 0.25) is 0 Å². The molecule has 3 fully saturated rings. The van der Waals surface area contributed by atoms with Crippen LogP contribution in [0, 0.1) is 0 Å². The third kappa shape index (κ3) is 2.73. The maximum absolute atomic E-state index is 12.6. The lowest BCUT2D eigenvalue weighted by Crippen LogP contribution is -2.58. The van der Waals surface area contributed by atoms with Gasteiger partial charge >= 0.3 is 6.09 Å². The predicted molar refractivity (Wildman–Crippen MR) is 77.9 cm³/mol. The summed E-state index contributed by atoms with van der Waals surface area (Å²) < 4.78 is 5.41. The average Bonchev–Trinajstić information content (AvgIpc) is 2.95. The van der Waals surface area contributed by atoms with Gasteiger partial charge in [-0.2, -0.15) is 0 Å². The fraction of sp³-hybridized carbons (Fsp3) is 0.867. The van der Waals surface area contributed by atoms with E-state index in [1.165, 1.54) is 0 Å². The minimum Gasteiger partial charge on any atom is -0.444 e. The quantitative estimate of drug-likeness (QED) is 0.782. The normalized spacial score (nSPS) is 32.7. The maximum atomic E-state index is 12.6. The van der Waals surface area contributed by atoms with Crippen LogP contribution in [0.3, 0.4) is 0 Å². The molecule has 0 aromatic heterocycles. The van der Waals surface area contributed by atoms with Gasteiger partial charge in [-0.15, -0.1) is 0 Å². The Kier molecular flexibility index (Phi) is 3.59. The van der Waals surface area contributed by atoms with Crippen LogP contribution in [-0.4, -0.2) is 65.2 Å². The van der Waals surface area contributed by atoms with Crippen LogP contribution < -0.4 is 5.32 Å². The Labute approximate surface area is 125 Å². The Bertz CT molecular complexity index is 440. The molecule has 0 radical (unpaired) electrons. The second-order valence-corrected chi connectivity index (χ2v) is 7.28. The standard InChI is InChI=1S/C15H25N3O3/c1-15(2,3)21-14(20)17-9-11-7-12(17)13(19)18(11)10-5-4-6-16-8-10/h10-12,16H,4-9H2,1-3H3. The molecule has 3 rings (SSSR count). The van der Waals surface area contributed by atoms with Crippen LogP contribution in [0.1, 0.15) is 40.0 Å². The van der Waals surface area contributed by atoms with E-state index in [4.69, 9.17) is 4.74 Å². The van der Waals surface area contributed by atoms with Gasteiger partial charge in [0.25, 0.3) is 0 Å². The molecule has 3 aliphatic heterocycles. The molecule has 0 aromatic carbocycles. The van der Waals surface area contributed by atoms with E-state index in [-0.39, 0.29) is 24.1 Å². The number of piperazine rings is 1. The molecule has 0 saturated carbocycles. The predicted octanol–water partition coefficient (Wildman–Crippen LogP) is 0.959. The lowest BCUT2D eigenvalue weighted by molar-refractivity contribution is -0.139. The lowest BCUT2D eigenvalue weighted by Gasteiger charge is -2.40. The first kappa shape index (κ1) is 14.6. The van der Waals surface area contributed by atoms with E-state index in [1.54, 1.807) is 4.90 Å². The molecule has 118 valence electrons. The fourth-order valence-corrected chi connectivity index (χ4v) is 3.67. The molecule has 3 atom stereocenters. The fourth-order valence-electron chi connectivity index (χ4n) is 3.67. The van der Waals surface area contributed by atoms with E-state index in [1.807, 2.05) is 25.7 Å². The molecular weight excluding hydrogens is 270 g/mol. The molecule has 0 spiro atoms. The van der Waals surface area contributed by atoms with Crippen molar-refractivity contribution in [2.24, 2.45) is 0 Å². The summed E-state index contributed by atoms with van der Waals surface area (Å²) in [6, 6.07) is 0.147. The Morgan fingerprint density at radius 1 is 1.33 bits per heavy atom. The van der Waals surface area contributed by atoms with Crippen molar-refractivity contribution in [3.05, 3.63) is 0 Å². The van der Waals surface area contributed by atoms with Crippen LogP contribution in [0.25, 0.3) is 0 Å². The van der Waals surface area contributed by atoms with Gasteiger partial charge in [0.1, 0.15) is 11.6 Å². The maximum Gasteiger partial charge on any atom is 0.411 e. The summed E-state index contributed by atoms with van der Waals surface area (Å²) in [6.45, 7) is 8.07. The highest BCUT2D eigenvalue weighted by Crippen LogP contribution is 2.35. The zero-order chi connectivity index (χ0) is 15.2. The number of carbonyl (C=O) groups is 2. The summed E-state index contributed by atoms with van der Waals surface area (Å²) in [6.07, 6.45) is 2.58. The third-order valence-electron chi connectivity index (χ3n) is 4.50. The number of nitrogens with one attached hydrogen (secondary N) is 1. The Morgan fingerprint density at radius 2 is 2.10 bits per heavy atom. The number of hydrogen-bond acceptors (Lipinski definition) is 4. The molecule has 2 amide bonds. The summed E-state index contributed by atoms with van der Waals surface area (Å²) in [5.74, 6) is 0.103. The summed E-state index contributed by atoms with van der Waals surface area (Å²) in [7, 11) is 0. The number of piperidine rings is 1. The van der Waals surface area contributed by atoms with Crippen molar-refractivity contribution in [1.82, 2.24) is 15.1 Å².